The molecular weight excluding hydrogens is 328 g/mol. The van der Waals surface area contributed by atoms with Gasteiger partial charge in [0, 0.05) is 11.8 Å². The summed E-state index contributed by atoms with van der Waals surface area (Å²) in [5, 5.41) is 0. The first-order valence-electron chi connectivity index (χ1n) is 9.68. The second kappa shape index (κ2) is 5.66. The van der Waals surface area contributed by atoms with E-state index < -0.39 is 0 Å². The molecule has 4 saturated carbocycles. The molecular formula is C21H24N2O3. The fourth-order valence-electron chi connectivity index (χ4n) is 6.09. The molecule has 0 unspecified atom stereocenters. The lowest BCUT2D eigenvalue weighted by atomic mass is 9.49. The number of hydrogen-bond acceptors (Lipinski definition) is 4. The van der Waals surface area contributed by atoms with E-state index in [4.69, 9.17) is 4.74 Å². The fourth-order valence-corrected chi connectivity index (χ4v) is 6.09. The van der Waals surface area contributed by atoms with Gasteiger partial charge < -0.3 is 4.74 Å². The third-order valence-electron chi connectivity index (χ3n) is 6.76. The predicted octanol–water partition coefficient (Wildman–Crippen LogP) is 3.26. The van der Waals surface area contributed by atoms with Crippen molar-refractivity contribution in [3.8, 4) is 0 Å². The van der Waals surface area contributed by atoms with Crippen LogP contribution in [0.5, 0.6) is 0 Å². The van der Waals surface area contributed by atoms with Gasteiger partial charge in [0.25, 0.3) is 5.56 Å². The highest BCUT2D eigenvalue weighted by Crippen LogP contribution is 2.60. The molecule has 0 N–H and O–H groups in total. The third-order valence-corrected chi connectivity index (χ3v) is 6.76. The van der Waals surface area contributed by atoms with Crippen LogP contribution in [0.1, 0.15) is 49.9 Å². The van der Waals surface area contributed by atoms with Crippen LogP contribution in [0.15, 0.2) is 29.1 Å². The number of esters is 1. The van der Waals surface area contributed by atoms with Crippen LogP contribution >= 0.6 is 0 Å². The lowest BCUT2D eigenvalue weighted by Crippen LogP contribution is -2.50. The van der Waals surface area contributed by atoms with Gasteiger partial charge in [-0.1, -0.05) is 6.07 Å². The Morgan fingerprint density at radius 1 is 1.19 bits per heavy atom. The van der Waals surface area contributed by atoms with Gasteiger partial charge in [0.15, 0.2) is 0 Å². The number of nitrogens with zero attached hydrogens (tertiary/aromatic N) is 2. The summed E-state index contributed by atoms with van der Waals surface area (Å²) in [5.41, 5.74) is 1.57. The summed E-state index contributed by atoms with van der Waals surface area (Å²) in [4.78, 5) is 29.8. The Hall–Kier alpha value is -2.17. The molecule has 4 aliphatic rings. The summed E-state index contributed by atoms with van der Waals surface area (Å²) in [6, 6.07) is 7.04. The number of ether oxygens (including phenoxy) is 1. The smallest absolute Gasteiger partial charge is 0.312 e. The van der Waals surface area contributed by atoms with E-state index in [-0.39, 0.29) is 23.6 Å². The minimum absolute atomic E-state index is 0.0668. The highest BCUT2D eigenvalue weighted by Gasteiger charge is 2.55. The van der Waals surface area contributed by atoms with Crippen LogP contribution in [0, 0.1) is 30.1 Å². The number of carbonyl (C=O) groups is 1. The molecule has 2 aromatic rings. The molecule has 0 atom stereocenters. The quantitative estimate of drug-likeness (QED) is 0.796. The highest BCUT2D eigenvalue weighted by atomic mass is 16.5. The van der Waals surface area contributed by atoms with Gasteiger partial charge >= 0.3 is 5.97 Å². The monoisotopic (exact) mass is 352 g/mol. The summed E-state index contributed by atoms with van der Waals surface area (Å²) in [6.45, 7) is 1.96. The first-order chi connectivity index (χ1) is 12.5. The molecule has 26 heavy (non-hydrogen) atoms. The molecule has 136 valence electrons. The number of rotatable bonds is 3. The van der Waals surface area contributed by atoms with Gasteiger partial charge in [-0.15, -0.1) is 0 Å². The minimum Gasteiger partial charge on any atom is -0.459 e. The standard InChI is InChI=1S/C21H24N2O3/c1-13-3-2-4-18-22-17(8-19(24)23(13)18)12-26-20(25)21-9-14-5-15(10-21)7-16(6-14)11-21/h2-4,8,14-16H,5-7,9-12H2,1H3. The molecule has 4 fully saturated rings. The van der Waals surface area contributed by atoms with Gasteiger partial charge in [-0.2, -0.15) is 0 Å². The lowest BCUT2D eigenvalue weighted by Gasteiger charge is -2.55. The van der Waals surface area contributed by atoms with Gasteiger partial charge in [-0.25, -0.2) is 4.98 Å². The van der Waals surface area contributed by atoms with E-state index in [0.717, 1.165) is 25.0 Å². The maximum Gasteiger partial charge on any atom is 0.312 e. The van der Waals surface area contributed by atoms with E-state index in [9.17, 15) is 9.59 Å². The molecule has 0 aliphatic heterocycles. The van der Waals surface area contributed by atoms with E-state index in [1.54, 1.807) is 10.5 Å². The normalized spacial score (nSPS) is 32.1. The van der Waals surface area contributed by atoms with Crippen molar-refractivity contribution in [2.75, 3.05) is 0 Å². The van der Waals surface area contributed by atoms with Crippen molar-refractivity contribution in [3.05, 3.63) is 46.0 Å². The number of aryl methyl sites for hydroxylation is 1. The van der Waals surface area contributed by atoms with E-state index in [1.165, 1.54) is 25.3 Å². The molecule has 0 amide bonds. The summed E-state index contributed by atoms with van der Waals surface area (Å²) < 4.78 is 7.27. The van der Waals surface area contributed by atoms with Crippen molar-refractivity contribution in [1.82, 2.24) is 9.38 Å². The SMILES string of the molecule is Cc1cccc2nc(COC(=O)C34CC5CC(CC(C5)C3)C4)cc(=O)n12. The molecule has 5 heteroatoms. The molecule has 0 radical (unpaired) electrons. The predicted molar refractivity (Wildman–Crippen MR) is 96.6 cm³/mol. The number of aromatic nitrogens is 2. The Kier molecular flexibility index (Phi) is 3.49. The van der Waals surface area contributed by atoms with Crippen LogP contribution in [-0.4, -0.2) is 15.4 Å². The number of fused-ring (bicyclic) bond motifs is 1. The molecule has 4 aliphatic carbocycles. The first kappa shape index (κ1) is 16.0. The van der Waals surface area contributed by atoms with E-state index in [1.807, 2.05) is 19.1 Å². The van der Waals surface area contributed by atoms with Crippen molar-refractivity contribution >= 4 is 11.6 Å². The van der Waals surface area contributed by atoms with E-state index >= 15 is 0 Å². The molecule has 0 aromatic carbocycles. The summed E-state index contributed by atoms with van der Waals surface area (Å²) in [7, 11) is 0. The Balaban J connectivity index is 1.36. The van der Waals surface area contributed by atoms with Crippen molar-refractivity contribution < 1.29 is 9.53 Å². The van der Waals surface area contributed by atoms with Crippen LogP contribution in [0.25, 0.3) is 5.65 Å². The van der Waals surface area contributed by atoms with E-state index in [0.29, 0.717) is 29.1 Å². The van der Waals surface area contributed by atoms with Gasteiger partial charge in [-0.3, -0.25) is 14.0 Å². The topological polar surface area (TPSA) is 60.7 Å². The van der Waals surface area contributed by atoms with Gasteiger partial charge in [-0.05, 0) is 75.3 Å². The molecule has 6 rings (SSSR count). The lowest BCUT2D eigenvalue weighted by molar-refractivity contribution is -0.173. The maximum atomic E-state index is 12.9. The molecule has 2 aromatic heterocycles. The van der Waals surface area contributed by atoms with Crippen LogP contribution in [-0.2, 0) is 16.1 Å². The average Bonchev–Trinajstić information content (AvgIpc) is 2.58. The van der Waals surface area contributed by atoms with Crippen molar-refractivity contribution in [3.63, 3.8) is 0 Å². The maximum absolute atomic E-state index is 12.9. The van der Waals surface area contributed by atoms with Gasteiger partial charge in [0.05, 0.1) is 11.1 Å². The zero-order chi connectivity index (χ0) is 17.9. The second-order valence-corrected chi connectivity index (χ2v) is 8.72. The van der Waals surface area contributed by atoms with Crippen LogP contribution < -0.4 is 5.56 Å². The van der Waals surface area contributed by atoms with Gasteiger partial charge in [0.1, 0.15) is 12.3 Å². The second-order valence-electron chi connectivity index (χ2n) is 8.72. The fraction of sp³-hybridized carbons (Fsp3) is 0.571. The molecule has 4 bridgehead atoms. The third kappa shape index (κ3) is 2.48. The Morgan fingerprint density at radius 3 is 2.50 bits per heavy atom. The number of hydrogen-bond donors (Lipinski definition) is 0. The Morgan fingerprint density at radius 2 is 1.85 bits per heavy atom. The van der Waals surface area contributed by atoms with Gasteiger partial charge in [0.2, 0.25) is 0 Å². The minimum atomic E-state index is -0.267. The molecule has 0 saturated heterocycles. The number of pyridine rings is 1. The number of carbonyl (C=O) groups excluding carboxylic acids is 1. The van der Waals surface area contributed by atoms with Crippen LogP contribution in [0.4, 0.5) is 0 Å². The van der Waals surface area contributed by atoms with Crippen molar-refractivity contribution in [2.45, 2.75) is 52.1 Å². The summed E-state index contributed by atoms with van der Waals surface area (Å²) in [5.74, 6) is 2.06. The first-order valence-corrected chi connectivity index (χ1v) is 9.68. The largest absolute Gasteiger partial charge is 0.459 e. The average molecular weight is 352 g/mol. The molecule has 5 nitrogen and oxygen atoms in total. The Labute approximate surface area is 152 Å². The Bertz CT molecular complexity index is 911. The van der Waals surface area contributed by atoms with Crippen LogP contribution in [0.3, 0.4) is 0 Å². The van der Waals surface area contributed by atoms with E-state index in [2.05, 4.69) is 4.98 Å². The summed E-state index contributed by atoms with van der Waals surface area (Å²) in [6.07, 6.45) is 6.87. The van der Waals surface area contributed by atoms with Crippen molar-refractivity contribution in [1.29, 1.82) is 0 Å². The zero-order valence-corrected chi connectivity index (χ0v) is 15.1. The molecule has 0 spiro atoms. The highest BCUT2D eigenvalue weighted by molar-refractivity contribution is 5.77. The summed E-state index contributed by atoms with van der Waals surface area (Å²) >= 11 is 0. The zero-order valence-electron chi connectivity index (χ0n) is 15.1. The van der Waals surface area contributed by atoms with Crippen molar-refractivity contribution in [2.24, 2.45) is 23.2 Å². The molecule has 2 heterocycles. The van der Waals surface area contributed by atoms with Crippen LogP contribution in [0.2, 0.25) is 0 Å².